The number of hydrogen-bond donors (Lipinski definition) is 0. The minimum Gasteiger partial charge on any atom is -0.427 e. The third-order valence-corrected chi connectivity index (χ3v) is 6.30. The molecule has 0 aromatic carbocycles. The molecule has 2 unspecified atom stereocenters. The molecule has 13 nitrogen and oxygen atoms in total. The molecule has 0 N–H and O–H groups in total. The van der Waals surface area contributed by atoms with Crippen molar-refractivity contribution in [2.45, 2.75) is 144 Å². The van der Waals surface area contributed by atoms with E-state index in [2.05, 4.69) is 0 Å². The van der Waals surface area contributed by atoms with Gasteiger partial charge in [0.25, 0.3) is 6.29 Å². The maximum atomic E-state index is 13.2. The van der Waals surface area contributed by atoms with Crippen LogP contribution in [0.15, 0.2) is 0 Å². The molecular formula is C33H64O13. The second-order valence-electron chi connectivity index (χ2n) is 10.0. The number of hydrogen-bond acceptors (Lipinski definition) is 13. The SMILES string of the molecule is CCCCOC(OCC)(OC(=O)CCCCCCC(=O)OC(OCCC)C(OCC)(OCC)OCC)C(OCC)(OCC)OCC. The Bertz CT molecular complexity index is 732. The van der Waals surface area contributed by atoms with Crippen LogP contribution in [0.25, 0.3) is 0 Å². The Balaban J connectivity index is 5.32. The van der Waals surface area contributed by atoms with Crippen molar-refractivity contribution in [3.8, 4) is 0 Å². The topological polar surface area (TPSA) is 136 Å². The monoisotopic (exact) mass is 668 g/mol. The molecule has 0 saturated carbocycles. The van der Waals surface area contributed by atoms with Crippen LogP contribution in [-0.2, 0) is 61.7 Å². The predicted molar refractivity (Wildman–Crippen MR) is 170 cm³/mol. The van der Waals surface area contributed by atoms with E-state index in [9.17, 15) is 9.59 Å². The molecule has 0 spiro atoms. The zero-order chi connectivity index (χ0) is 34.7. The lowest BCUT2D eigenvalue weighted by Gasteiger charge is -2.44. The van der Waals surface area contributed by atoms with Crippen LogP contribution in [0.5, 0.6) is 0 Å². The molecule has 46 heavy (non-hydrogen) atoms. The summed E-state index contributed by atoms with van der Waals surface area (Å²) in [5.74, 6) is -6.63. The van der Waals surface area contributed by atoms with E-state index in [4.69, 9.17) is 52.1 Å². The maximum absolute atomic E-state index is 13.2. The Morgan fingerprint density at radius 3 is 1.37 bits per heavy atom. The summed E-state index contributed by atoms with van der Waals surface area (Å²) in [5, 5.41) is 0. The highest BCUT2D eigenvalue weighted by Gasteiger charge is 2.63. The van der Waals surface area contributed by atoms with Crippen molar-refractivity contribution in [1.29, 1.82) is 0 Å². The first-order valence-corrected chi connectivity index (χ1v) is 17.3. The summed E-state index contributed by atoms with van der Waals surface area (Å²) >= 11 is 0. The lowest BCUT2D eigenvalue weighted by Crippen LogP contribution is -2.65. The minimum atomic E-state index is -2.06. The van der Waals surface area contributed by atoms with Crippen molar-refractivity contribution >= 4 is 11.9 Å². The van der Waals surface area contributed by atoms with Gasteiger partial charge in [0.05, 0.1) is 19.8 Å². The van der Waals surface area contributed by atoms with Gasteiger partial charge in [0.15, 0.2) is 0 Å². The zero-order valence-corrected chi connectivity index (χ0v) is 30.1. The average molecular weight is 669 g/mol. The van der Waals surface area contributed by atoms with E-state index >= 15 is 0 Å². The van der Waals surface area contributed by atoms with Gasteiger partial charge in [-0.25, -0.2) is 0 Å². The summed E-state index contributed by atoms with van der Waals surface area (Å²) in [6.07, 6.45) is 3.72. The Morgan fingerprint density at radius 2 is 0.935 bits per heavy atom. The third kappa shape index (κ3) is 15.2. The first-order chi connectivity index (χ1) is 22.2. The molecule has 0 radical (unpaired) electrons. The molecule has 13 heteroatoms. The molecule has 0 aliphatic carbocycles. The quantitative estimate of drug-likeness (QED) is 0.0458. The van der Waals surface area contributed by atoms with Gasteiger partial charge in [-0.1, -0.05) is 33.1 Å². The molecule has 0 aliphatic rings. The van der Waals surface area contributed by atoms with Crippen molar-refractivity contribution < 1.29 is 61.7 Å². The van der Waals surface area contributed by atoms with Gasteiger partial charge in [0, 0.05) is 52.5 Å². The molecule has 274 valence electrons. The van der Waals surface area contributed by atoms with Crippen LogP contribution in [0.2, 0.25) is 0 Å². The summed E-state index contributed by atoms with van der Waals surface area (Å²) < 4.78 is 64.3. The molecule has 0 amide bonds. The van der Waals surface area contributed by atoms with Crippen LogP contribution < -0.4 is 0 Å². The molecule has 2 atom stereocenters. The highest BCUT2D eigenvalue weighted by Crippen LogP contribution is 2.37. The van der Waals surface area contributed by atoms with Gasteiger partial charge < -0.3 is 52.1 Å². The van der Waals surface area contributed by atoms with E-state index in [0.717, 1.165) is 6.42 Å². The lowest BCUT2D eigenvalue weighted by molar-refractivity contribution is -0.550. The highest BCUT2D eigenvalue weighted by molar-refractivity contribution is 5.70. The van der Waals surface area contributed by atoms with Gasteiger partial charge in [-0.2, -0.15) is 0 Å². The van der Waals surface area contributed by atoms with Gasteiger partial charge in [-0.15, -0.1) is 0 Å². The summed E-state index contributed by atoms with van der Waals surface area (Å²) in [6.45, 7) is 18.6. The fourth-order valence-corrected chi connectivity index (χ4v) is 4.48. The van der Waals surface area contributed by atoms with Crippen molar-refractivity contribution in [2.24, 2.45) is 0 Å². The number of carbonyl (C=O) groups is 2. The standard InChI is InChI=1S/C33H64O13/c1-10-19-27-44-33(43-18-9,32(40-15-6,41-16-7)42-17-8)46-29(35)25-23-21-20-22-24-28(34)45-30(36-26-11-2)31(37-12-3,38-13-4)39-14-5/h30H,10-27H2,1-9H3. The van der Waals surface area contributed by atoms with Crippen LogP contribution in [0.3, 0.4) is 0 Å². The van der Waals surface area contributed by atoms with Crippen LogP contribution in [-0.4, -0.2) is 95.6 Å². The van der Waals surface area contributed by atoms with Crippen molar-refractivity contribution in [1.82, 2.24) is 0 Å². The maximum Gasteiger partial charge on any atom is 0.416 e. The first kappa shape index (κ1) is 44.6. The fourth-order valence-electron chi connectivity index (χ4n) is 4.48. The molecule has 0 aliphatic heterocycles. The fraction of sp³-hybridized carbons (Fsp3) is 0.939. The van der Waals surface area contributed by atoms with E-state index in [0.29, 0.717) is 45.1 Å². The molecule has 0 saturated heterocycles. The largest absolute Gasteiger partial charge is 0.427 e. The third-order valence-electron chi connectivity index (χ3n) is 6.30. The Labute approximate surface area is 277 Å². The molecule has 0 aromatic heterocycles. The van der Waals surface area contributed by atoms with Crippen LogP contribution in [0.1, 0.15) is 120 Å². The van der Waals surface area contributed by atoms with Gasteiger partial charge in [-0.05, 0) is 74.1 Å². The minimum absolute atomic E-state index is 0.0867. The first-order valence-electron chi connectivity index (χ1n) is 17.3. The van der Waals surface area contributed by atoms with E-state index in [1.807, 2.05) is 13.8 Å². The lowest BCUT2D eigenvalue weighted by atomic mass is 10.1. The number of carbonyl (C=O) groups excluding carboxylic acids is 2. The number of unbranched alkanes of at least 4 members (excludes halogenated alkanes) is 4. The number of rotatable bonds is 32. The van der Waals surface area contributed by atoms with E-state index in [1.54, 1.807) is 48.5 Å². The molecule has 0 bridgehead atoms. The molecule has 0 rings (SSSR count). The van der Waals surface area contributed by atoms with Crippen molar-refractivity contribution in [2.75, 3.05) is 59.5 Å². The normalized spacial score (nSPS) is 14.2. The summed E-state index contributed by atoms with van der Waals surface area (Å²) in [5.41, 5.74) is 0. The highest BCUT2D eigenvalue weighted by atomic mass is 17.0. The van der Waals surface area contributed by atoms with Crippen molar-refractivity contribution in [3.63, 3.8) is 0 Å². The Hall–Kier alpha value is -1.42. The van der Waals surface area contributed by atoms with Gasteiger partial charge >= 0.3 is 29.9 Å². The molecule has 0 fully saturated rings. The second-order valence-corrected chi connectivity index (χ2v) is 10.0. The van der Waals surface area contributed by atoms with Gasteiger partial charge in [0.1, 0.15) is 0 Å². The van der Waals surface area contributed by atoms with Crippen LogP contribution >= 0.6 is 0 Å². The van der Waals surface area contributed by atoms with E-state index in [-0.39, 0.29) is 65.7 Å². The number of esters is 2. The molecule has 0 heterocycles. The smallest absolute Gasteiger partial charge is 0.416 e. The van der Waals surface area contributed by atoms with Crippen LogP contribution in [0.4, 0.5) is 0 Å². The van der Waals surface area contributed by atoms with Gasteiger partial charge in [-0.3, -0.25) is 9.59 Å². The summed E-state index contributed by atoms with van der Waals surface area (Å²) in [7, 11) is 0. The summed E-state index contributed by atoms with van der Waals surface area (Å²) in [6, 6.07) is 0. The number of ether oxygens (including phenoxy) is 11. The second kappa shape index (κ2) is 26.5. The van der Waals surface area contributed by atoms with Crippen molar-refractivity contribution in [3.05, 3.63) is 0 Å². The average Bonchev–Trinajstić information content (AvgIpc) is 3.01. The predicted octanol–water partition coefficient (Wildman–Crippen LogP) is 6.20. The van der Waals surface area contributed by atoms with E-state index in [1.165, 1.54) is 0 Å². The molecule has 0 aromatic rings. The van der Waals surface area contributed by atoms with E-state index < -0.39 is 36.1 Å². The Kier molecular flexibility index (Phi) is 25.7. The Morgan fingerprint density at radius 1 is 0.478 bits per heavy atom. The van der Waals surface area contributed by atoms with Gasteiger partial charge in [0.2, 0.25) is 0 Å². The summed E-state index contributed by atoms with van der Waals surface area (Å²) in [4.78, 5) is 25.9. The zero-order valence-electron chi connectivity index (χ0n) is 30.1. The molecular weight excluding hydrogens is 604 g/mol. The van der Waals surface area contributed by atoms with Crippen LogP contribution in [0, 0.1) is 0 Å².